The second-order valence-electron chi connectivity index (χ2n) is 9.62. The molecule has 0 amide bonds. The van der Waals surface area contributed by atoms with Gasteiger partial charge in [-0.05, 0) is 68.3 Å². The zero-order valence-corrected chi connectivity index (χ0v) is 17.3. The number of ketones is 1. The van der Waals surface area contributed by atoms with Crippen LogP contribution in [0.15, 0.2) is 11.6 Å². The Hall–Kier alpha value is -1.65. The molecule has 0 saturated heterocycles. The molecule has 3 fully saturated rings. The lowest BCUT2D eigenvalue weighted by atomic mass is 9.47. The molecule has 4 rings (SSSR count). The summed E-state index contributed by atoms with van der Waals surface area (Å²) in [5, 5.41) is 0. The quantitative estimate of drug-likeness (QED) is 0.540. The van der Waals surface area contributed by atoms with Gasteiger partial charge in [-0.2, -0.15) is 0 Å². The molecule has 0 N–H and O–H groups in total. The van der Waals surface area contributed by atoms with Crippen molar-refractivity contribution in [2.75, 3.05) is 6.61 Å². The van der Waals surface area contributed by atoms with Gasteiger partial charge in [0.1, 0.15) is 18.5 Å². The van der Waals surface area contributed by atoms with Crippen LogP contribution in [0.5, 0.6) is 0 Å². The van der Waals surface area contributed by atoms with E-state index in [2.05, 4.69) is 13.0 Å². The van der Waals surface area contributed by atoms with Crippen molar-refractivity contribution in [3.05, 3.63) is 11.6 Å². The minimum Gasteiger partial charge on any atom is -0.465 e. The standard InChI is InChI=1S/C23H32O5/c1-14(24)27-13-23-11-4-5-20(28-15(2)25)19(23)7-6-16-17-8-9-21(26)22(17,3)12-10-18(16)23/h7,16-18,20H,4-6,8-13H2,1-3H3/t16-,17-,18-,20-,22-,23-/m0/s1. The zero-order valence-electron chi connectivity index (χ0n) is 17.3. The Bertz CT molecular complexity index is 725. The molecule has 0 spiro atoms. The molecule has 3 saturated carbocycles. The molecular weight excluding hydrogens is 356 g/mol. The Kier molecular flexibility index (Phi) is 4.91. The Balaban J connectivity index is 1.72. The van der Waals surface area contributed by atoms with Crippen molar-refractivity contribution in [2.45, 2.75) is 78.2 Å². The normalized spacial score (nSPS) is 42.0. The number of esters is 2. The van der Waals surface area contributed by atoms with Gasteiger partial charge in [0, 0.05) is 31.1 Å². The highest BCUT2D eigenvalue weighted by atomic mass is 16.5. The lowest BCUT2D eigenvalue weighted by Crippen LogP contribution is -2.54. The molecular formula is C23H32O5. The molecule has 28 heavy (non-hydrogen) atoms. The predicted molar refractivity (Wildman–Crippen MR) is 103 cm³/mol. The van der Waals surface area contributed by atoms with E-state index in [4.69, 9.17) is 9.47 Å². The Morgan fingerprint density at radius 2 is 1.89 bits per heavy atom. The summed E-state index contributed by atoms with van der Waals surface area (Å²) in [4.78, 5) is 36.0. The van der Waals surface area contributed by atoms with E-state index in [1.165, 1.54) is 19.4 Å². The van der Waals surface area contributed by atoms with Crippen molar-refractivity contribution in [1.29, 1.82) is 0 Å². The third-order valence-corrected chi connectivity index (χ3v) is 8.32. The fourth-order valence-corrected chi connectivity index (χ4v) is 7.11. The Morgan fingerprint density at radius 1 is 1.11 bits per heavy atom. The molecule has 4 aliphatic rings. The van der Waals surface area contributed by atoms with E-state index >= 15 is 0 Å². The third kappa shape index (κ3) is 2.93. The van der Waals surface area contributed by atoms with Crippen LogP contribution in [0.2, 0.25) is 0 Å². The maximum atomic E-state index is 12.6. The summed E-state index contributed by atoms with van der Waals surface area (Å²) in [6.45, 7) is 5.46. The van der Waals surface area contributed by atoms with Crippen LogP contribution in [-0.4, -0.2) is 30.4 Å². The van der Waals surface area contributed by atoms with E-state index in [-0.39, 0.29) is 28.9 Å². The van der Waals surface area contributed by atoms with Crippen LogP contribution >= 0.6 is 0 Å². The fraction of sp³-hybridized carbons (Fsp3) is 0.783. The first-order chi connectivity index (χ1) is 13.3. The number of carbonyl (C=O) groups is 3. The molecule has 0 aromatic rings. The van der Waals surface area contributed by atoms with Crippen LogP contribution in [-0.2, 0) is 23.9 Å². The Morgan fingerprint density at radius 3 is 2.61 bits per heavy atom. The van der Waals surface area contributed by atoms with E-state index < -0.39 is 0 Å². The van der Waals surface area contributed by atoms with E-state index in [0.29, 0.717) is 36.6 Å². The lowest BCUT2D eigenvalue weighted by molar-refractivity contribution is -0.156. The number of hydrogen-bond acceptors (Lipinski definition) is 5. The number of fused-ring (bicyclic) bond motifs is 5. The minimum absolute atomic E-state index is 0.181. The van der Waals surface area contributed by atoms with E-state index in [0.717, 1.165) is 44.9 Å². The van der Waals surface area contributed by atoms with Crippen LogP contribution < -0.4 is 0 Å². The SMILES string of the molecule is CC(=O)OC[C@]12CCC[C@H](OC(C)=O)C1=CC[C@@H]1[C@@H]2CC[C@]2(C)C(=O)CC[C@@H]12. The third-order valence-electron chi connectivity index (χ3n) is 8.32. The number of ether oxygens (including phenoxy) is 2. The summed E-state index contributed by atoms with van der Waals surface area (Å²) in [5.74, 6) is 1.16. The molecule has 5 nitrogen and oxygen atoms in total. The van der Waals surface area contributed by atoms with E-state index in [1.807, 2.05) is 0 Å². The number of allylic oxidation sites excluding steroid dienone is 1. The van der Waals surface area contributed by atoms with Crippen LogP contribution in [0.3, 0.4) is 0 Å². The van der Waals surface area contributed by atoms with Gasteiger partial charge < -0.3 is 9.47 Å². The molecule has 0 aliphatic heterocycles. The van der Waals surface area contributed by atoms with Gasteiger partial charge in [0.05, 0.1) is 0 Å². The van der Waals surface area contributed by atoms with Crippen molar-refractivity contribution in [1.82, 2.24) is 0 Å². The minimum atomic E-state index is -0.262. The van der Waals surface area contributed by atoms with Crippen molar-refractivity contribution < 1.29 is 23.9 Å². The van der Waals surface area contributed by atoms with Gasteiger partial charge in [-0.3, -0.25) is 14.4 Å². The average Bonchev–Trinajstić information content (AvgIpc) is 2.94. The first-order valence-corrected chi connectivity index (χ1v) is 10.8. The number of rotatable bonds is 3. The van der Waals surface area contributed by atoms with E-state index in [1.54, 1.807) is 0 Å². The second kappa shape index (κ2) is 7.00. The number of hydrogen-bond donors (Lipinski definition) is 0. The first kappa shape index (κ1) is 19.7. The molecule has 0 aromatic carbocycles. The maximum Gasteiger partial charge on any atom is 0.303 e. The van der Waals surface area contributed by atoms with Crippen molar-refractivity contribution in [2.24, 2.45) is 28.6 Å². The van der Waals surface area contributed by atoms with Crippen LogP contribution in [0, 0.1) is 28.6 Å². The monoisotopic (exact) mass is 388 g/mol. The van der Waals surface area contributed by atoms with E-state index in [9.17, 15) is 14.4 Å². The number of Topliss-reactive ketones (excluding diaryl/α,β-unsaturated/α-hetero) is 1. The first-order valence-electron chi connectivity index (χ1n) is 10.8. The highest BCUT2D eigenvalue weighted by Crippen LogP contribution is 2.64. The van der Waals surface area contributed by atoms with Gasteiger partial charge >= 0.3 is 11.9 Å². The van der Waals surface area contributed by atoms with Gasteiger partial charge in [-0.15, -0.1) is 0 Å². The Labute approximate surface area is 167 Å². The molecule has 0 heterocycles. The van der Waals surface area contributed by atoms with Crippen LogP contribution in [0.25, 0.3) is 0 Å². The summed E-state index contributed by atoms with van der Waals surface area (Å²) < 4.78 is 11.3. The van der Waals surface area contributed by atoms with Crippen LogP contribution in [0.1, 0.15) is 72.1 Å². The number of carbonyl (C=O) groups excluding carboxylic acids is 3. The summed E-state index contributed by atoms with van der Waals surface area (Å²) >= 11 is 0. The molecule has 154 valence electrons. The highest BCUT2D eigenvalue weighted by molar-refractivity contribution is 5.87. The average molecular weight is 389 g/mol. The largest absolute Gasteiger partial charge is 0.465 e. The zero-order chi connectivity index (χ0) is 20.1. The predicted octanol–water partition coefficient (Wildman–Crippen LogP) is 3.99. The van der Waals surface area contributed by atoms with Crippen molar-refractivity contribution >= 4 is 17.7 Å². The topological polar surface area (TPSA) is 69.7 Å². The van der Waals surface area contributed by atoms with Gasteiger partial charge in [0.25, 0.3) is 0 Å². The van der Waals surface area contributed by atoms with Crippen molar-refractivity contribution in [3.8, 4) is 0 Å². The van der Waals surface area contributed by atoms with Crippen molar-refractivity contribution in [3.63, 3.8) is 0 Å². The summed E-state index contributed by atoms with van der Waals surface area (Å²) in [5.41, 5.74) is 0.739. The second-order valence-corrected chi connectivity index (χ2v) is 9.62. The lowest BCUT2D eigenvalue weighted by Gasteiger charge is -2.57. The van der Waals surface area contributed by atoms with Gasteiger partial charge in [0.15, 0.2) is 0 Å². The molecule has 0 aromatic heterocycles. The molecule has 5 heteroatoms. The molecule has 0 radical (unpaired) electrons. The molecule has 0 bridgehead atoms. The molecule has 4 aliphatic carbocycles. The fourth-order valence-electron chi connectivity index (χ4n) is 7.11. The smallest absolute Gasteiger partial charge is 0.303 e. The van der Waals surface area contributed by atoms with Gasteiger partial charge in [-0.1, -0.05) is 13.0 Å². The summed E-state index contributed by atoms with van der Waals surface area (Å²) in [7, 11) is 0. The van der Waals surface area contributed by atoms with Gasteiger partial charge in [-0.25, -0.2) is 0 Å². The molecule has 0 unspecified atom stereocenters. The maximum absolute atomic E-state index is 12.6. The highest BCUT2D eigenvalue weighted by Gasteiger charge is 2.61. The molecule has 6 atom stereocenters. The van der Waals surface area contributed by atoms with Gasteiger partial charge in [0.2, 0.25) is 0 Å². The summed E-state index contributed by atoms with van der Waals surface area (Å²) in [6.07, 6.45) is 9.35. The summed E-state index contributed by atoms with van der Waals surface area (Å²) in [6, 6.07) is 0. The van der Waals surface area contributed by atoms with Crippen LogP contribution in [0.4, 0.5) is 0 Å².